The summed E-state index contributed by atoms with van der Waals surface area (Å²) in [6.45, 7) is 1.40. The first-order valence-corrected chi connectivity index (χ1v) is 7.20. The quantitative estimate of drug-likeness (QED) is 0.686. The van der Waals surface area contributed by atoms with Crippen LogP contribution >= 0.6 is 0 Å². The summed E-state index contributed by atoms with van der Waals surface area (Å²) in [5, 5.41) is 0. The van der Waals surface area contributed by atoms with Gasteiger partial charge in [0, 0.05) is 5.56 Å². The molecule has 0 aliphatic carbocycles. The summed E-state index contributed by atoms with van der Waals surface area (Å²) >= 11 is 0. The van der Waals surface area contributed by atoms with Crippen LogP contribution in [0.1, 0.15) is 11.4 Å². The molecule has 2 aliphatic rings. The molecule has 21 heavy (non-hydrogen) atoms. The van der Waals surface area contributed by atoms with Crippen LogP contribution < -0.4 is 0 Å². The summed E-state index contributed by atoms with van der Waals surface area (Å²) in [5.74, 6) is -0.00734. The number of hydrogen-bond donors (Lipinski definition) is 0. The van der Waals surface area contributed by atoms with Gasteiger partial charge in [0.05, 0.1) is 24.2 Å². The van der Waals surface area contributed by atoms with Crippen molar-refractivity contribution in [3.05, 3.63) is 66.0 Å². The molecule has 0 radical (unpaired) electrons. The fourth-order valence-electron chi connectivity index (χ4n) is 3.37. The number of ether oxygens (including phenoxy) is 2. The van der Waals surface area contributed by atoms with Gasteiger partial charge in [0.1, 0.15) is 6.10 Å². The number of benzene rings is 2. The summed E-state index contributed by atoms with van der Waals surface area (Å²) < 4.78 is 14.6. The Bertz CT molecular complexity index is 827. The molecule has 0 spiro atoms. The first-order valence-electron chi connectivity index (χ1n) is 7.20. The summed E-state index contributed by atoms with van der Waals surface area (Å²) in [7, 11) is 0. The highest BCUT2D eigenvalue weighted by atomic mass is 16.7. The maximum absolute atomic E-state index is 6.22. The van der Waals surface area contributed by atoms with Gasteiger partial charge in [-0.05, 0) is 12.1 Å². The molecular weight excluding hydrogens is 264 g/mol. The SMILES string of the molecule is c1ccc([C@]23OC[C@H](Cn4c2nc2ccccc24)O3)cc1. The maximum atomic E-state index is 6.22. The Morgan fingerprint density at radius 1 is 1.05 bits per heavy atom. The molecule has 2 aliphatic heterocycles. The number of aromatic nitrogens is 2. The minimum atomic E-state index is -0.858. The smallest absolute Gasteiger partial charge is 0.256 e. The highest BCUT2D eigenvalue weighted by Crippen LogP contribution is 2.44. The van der Waals surface area contributed by atoms with Crippen LogP contribution in [0, 0.1) is 0 Å². The van der Waals surface area contributed by atoms with Gasteiger partial charge in [-0.1, -0.05) is 42.5 Å². The van der Waals surface area contributed by atoms with Gasteiger partial charge in [-0.2, -0.15) is 0 Å². The minimum Gasteiger partial charge on any atom is -0.337 e. The van der Waals surface area contributed by atoms with Gasteiger partial charge >= 0.3 is 0 Å². The van der Waals surface area contributed by atoms with E-state index in [-0.39, 0.29) is 6.10 Å². The van der Waals surface area contributed by atoms with E-state index in [1.807, 2.05) is 48.5 Å². The molecule has 5 rings (SSSR count). The zero-order valence-electron chi connectivity index (χ0n) is 11.4. The van der Waals surface area contributed by atoms with E-state index in [0.717, 1.165) is 29.0 Å². The predicted octanol–water partition coefficient (Wildman–Crippen LogP) is 2.67. The highest BCUT2D eigenvalue weighted by molar-refractivity contribution is 5.76. The molecule has 1 aromatic heterocycles. The number of nitrogens with zero attached hydrogens (tertiary/aromatic N) is 2. The third-order valence-corrected chi connectivity index (χ3v) is 4.29. The lowest BCUT2D eigenvalue weighted by Crippen LogP contribution is -2.38. The number of rotatable bonds is 1. The van der Waals surface area contributed by atoms with Gasteiger partial charge in [-0.15, -0.1) is 0 Å². The Morgan fingerprint density at radius 2 is 1.86 bits per heavy atom. The van der Waals surface area contributed by atoms with E-state index in [9.17, 15) is 0 Å². The van der Waals surface area contributed by atoms with Crippen molar-refractivity contribution in [3.63, 3.8) is 0 Å². The predicted molar refractivity (Wildman–Crippen MR) is 77.8 cm³/mol. The summed E-state index contributed by atoms with van der Waals surface area (Å²) in [5.41, 5.74) is 3.14. The molecule has 104 valence electrons. The van der Waals surface area contributed by atoms with E-state index in [1.54, 1.807) is 0 Å². The van der Waals surface area contributed by atoms with Crippen molar-refractivity contribution in [3.8, 4) is 0 Å². The molecular formula is C17H14N2O2. The Balaban J connectivity index is 1.82. The monoisotopic (exact) mass is 278 g/mol. The van der Waals surface area contributed by atoms with E-state index in [0.29, 0.717) is 6.61 Å². The van der Waals surface area contributed by atoms with Crippen LogP contribution in [-0.2, 0) is 21.8 Å². The average Bonchev–Trinajstić information content (AvgIpc) is 3.10. The van der Waals surface area contributed by atoms with Crippen LogP contribution in [0.15, 0.2) is 54.6 Å². The second kappa shape index (κ2) is 3.93. The molecule has 4 heteroatoms. The van der Waals surface area contributed by atoms with Crippen LogP contribution in [-0.4, -0.2) is 22.3 Å². The topological polar surface area (TPSA) is 36.3 Å². The molecule has 0 unspecified atom stereocenters. The molecule has 4 nitrogen and oxygen atoms in total. The normalized spacial score (nSPS) is 27.0. The van der Waals surface area contributed by atoms with Crippen LogP contribution in [0.3, 0.4) is 0 Å². The molecule has 0 saturated carbocycles. The van der Waals surface area contributed by atoms with Gasteiger partial charge in [0.15, 0.2) is 5.82 Å². The second-order valence-electron chi connectivity index (χ2n) is 5.57. The van der Waals surface area contributed by atoms with E-state index in [1.165, 1.54) is 0 Å². The van der Waals surface area contributed by atoms with Crippen molar-refractivity contribution in [1.29, 1.82) is 0 Å². The van der Waals surface area contributed by atoms with Crippen LogP contribution in [0.5, 0.6) is 0 Å². The molecule has 0 N–H and O–H groups in total. The standard InChI is InChI=1S/C17H14N2O2/c1-2-6-12(7-3-1)17-16-18-14-8-4-5-9-15(14)19(16)10-13(21-17)11-20-17/h1-9,13H,10-11H2/t13-,17+/m0/s1. The van der Waals surface area contributed by atoms with E-state index in [4.69, 9.17) is 14.5 Å². The van der Waals surface area contributed by atoms with Crippen molar-refractivity contribution < 1.29 is 9.47 Å². The van der Waals surface area contributed by atoms with Crippen molar-refractivity contribution in [1.82, 2.24) is 9.55 Å². The van der Waals surface area contributed by atoms with Gasteiger partial charge < -0.3 is 14.0 Å². The summed E-state index contributed by atoms with van der Waals surface area (Å²) in [4.78, 5) is 4.79. The number of hydrogen-bond acceptors (Lipinski definition) is 3. The van der Waals surface area contributed by atoms with Crippen LogP contribution in [0.2, 0.25) is 0 Å². The Hall–Kier alpha value is -2.17. The van der Waals surface area contributed by atoms with Crippen molar-refractivity contribution >= 4 is 11.0 Å². The molecule has 2 aromatic carbocycles. The number of fused-ring (bicyclic) bond motifs is 6. The zero-order chi connectivity index (χ0) is 13.9. The first-order chi connectivity index (χ1) is 10.4. The maximum Gasteiger partial charge on any atom is 0.256 e. The number of para-hydroxylation sites is 2. The largest absolute Gasteiger partial charge is 0.337 e. The van der Waals surface area contributed by atoms with Crippen LogP contribution in [0.4, 0.5) is 0 Å². The van der Waals surface area contributed by atoms with Crippen molar-refractivity contribution in [2.45, 2.75) is 18.4 Å². The minimum absolute atomic E-state index is 0.0790. The van der Waals surface area contributed by atoms with Crippen molar-refractivity contribution in [2.24, 2.45) is 0 Å². The molecule has 1 saturated heterocycles. The Labute approximate surface area is 121 Å². The number of imidazole rings is 1. The van der Waals surface area contributed by atoms with E-state index < -0.39 is 5.79 Å². The molecule has 0 amide bonds. The lowest BCUT2D eigenvalue weighted by Gasteiger charge is -2.32. The summed E-state index contributed by atoms with van der Waals surface area (Å²) in [6.07, 6.45) is 0.0790. The molecule has 3 aromatic rings. The molecule has 1 fully saturated rings. The van der Waals surface area contributed by atoms with Gasteiger partial charge in [0.25, 0.3) is 5.79 Å². The third kappa shape index (κ3) is 1.43. The van der Waals surface area contributed by atoms with Gasteiger partial charge in [0.2, 0.25) is 0 Å². The first kappa shape index (κ1) is 11.5. The fourth-order valence-corrected chi connectivity index (χ4v) is 3.37. The summed E-state index contributed by atoms with van der Waals surface area (Å²) in [6, 6.07) is 18.3. The average molecular weight is 278 g/mol. The third-order valence-electron chi connectivity index (χ3n) is 4.29. The zero-order valence-corrected chi connectivity index (χ0v) is 11.4. The van der Waals surface area contributed by atoms with Crippen molar-refractivity contribution in [2.75, 3.05) is 6.61 Å². The molecule has 2 bridgehead atoms. The Morgan fingerprint density at radius 3 is 2.76 bits per heavy atom. The second-order valence-corrected chi connectivity index (χ2v) is 5.57. The Kier molecular flexibility index (Phi) is 2.15. The molecule has 3 heterocycles. The highest BCUT2D eigenvalue weighted by Gasteiger charge is 2.52. The lowest BCUT2D eigenvalue weighted by atomic mass is 10.0. The lowest BCUT2D eigenvalue weighted by molar-refractivity contribution is -0.162. The van der Waals surface area contributed by atoms with E-state index >= 15 is 0 Å². The van der Waals surface area contributed by atoms with Gasteiger partial charge in [-0.25, -0.2) is 4.98 Å². The van der Waals surface area contributed by atoms with Crippen LogP contribution in [0.25, 0.3) is 11.0 Å². The van der Waals surface area contributed by atoms with Gasteiger partial charge in [-0.3, -0.25) is 0 Å². The fraction of sp³-hybridized carbons (Fsp3) is 0.235. The van der Waals surface area contributed by atoms with E-state index in [2.05, 4.69) is 10.6 Å². The molecule has 2 atom stereocenters.